The fourth-order valence-corrected chi connectivity index (χ4v) is 9.54. The Morgan fingerprint density at radius 3 is 2.81 bits per heavy atom. The van der Waals surface area contributed by atoms with E-state index in [2.05, 4.69) is 21.8 Å². The van der Waals surface area contributed by atoms with Crippen LogP contribution in [0.4, 0.5) is 5.69 Å². The highest BCUT2D eigenvalue weighted by Gasteiger charge is 2.44. The van der Waals surface area contributed by atoms with Gasteiger partial charge in [-0.15, -0.1) is 0 Å². The summed E-state index contributed by atoms with van der Waals surface area (Å²) in [5, 5.41) is 11.9. The first-order valence-electron chi connectivity index (χ1n) is 15.2. The van der Waals surface area contributed by atoms with Crippen LogP contribution in [0.5, 0.6) is 5.75 Å². The number of anilines is 1. The number of nitrogens with zero attached hydrogens (tertiary/aromatic N) is 2. The number of halogens is 1. The molecule has 8 nitrogen and oxygen atoms in total. The van der Waals surface area contributed by atoms with Crippen molar-refractivity contribution in [3.8, 4) is 5.75 Å². The summed E-state index contributed by atoms with van der Waals surface area (Å²) in [5.74, 6) is 0.462. The summed E-state index contributed by atoms with van der Waals surface area (Å²) in [6, 6.07) is 11.2. The molecule has 2 aromatic carbocycles. The van der Waals surface area contributed by atoms with Gasteiger partial charge in [-0.25, -0.2) is 4.72 Å². The van der Waals surface area contributed by atoms with Crippen LogP contribution in [0.15, 0.2) is 48.6 Å². The highest BCUT2D eigenvalue weighted by molar-refractivity contribution is 7.87. The van der Waals surface area contributed by atoms with E-state index in [0.717, 1.165) is 62.2 Å². The number of aryl methyl sites for hydroxylation is 1. The Balaban J connectivity index is 1.29. The number of carbonyl (C=O) groups excluding carboxylic acids is 1. The van der Waals surface area contributed by atoms with E-state index in [4.69, 9.17) is 16.3 Å². The van der Waals surface area contributed by atoms with Crippen molar-refractivity contribution in [1.29, 1.82) is 0 Å². The van der Waals surface area contributed by atoms with Gasteiger partial charge in [0.05, 0.1) is 18.4 Å². The molecule has 0 radical (unpaired) electrons. The van der Waals surface area contributed by atoms with Gasteiger partial charge in [0.2, 0.25) is 0 Å². The maximum absolute atomic E-state index is 13.4. The first-order chi connectivity index (χ1) is 20.2. The lowest BCUT2D eigenvalue weighted by molar-refractivity contribution is 0.0455. The molecule has 2 aliphatic carbocycles. The van der Waals surface area contributed by atoms with E-state index in [1.165, 1.54) is 15.4 Å². The molecule has 2 aromatic rings. The van der Waals surface area contributed by atoms with Gasteiger partial charge < -0.3 is 14.7 Å². The molecule has 1 amide bonds. The first kappa shape index (κ1) is 28.2. The standard InChI is InChI=1S/C32H38ClN3O5S/c33-24-10-12-27-21(16-24)4-2-14-32(27)19-35-18-23-8-11-26(23)29(37)7-1-5-25-6-3-15-36(25)42(39,40)34-31(38)22-9-13-30(41-20-32)28(35)17-22/h1,7,9-10,12-13,16-17,23,25-26,29,37H,2-6,8,11,14-15,18-20H2,(H,34,38)/b7-1-/t23-,25+,26+,29-,32-/m0/s1. The van der Waals surface area contributed by atoms with E-state index >= 15 is 0 Å². The maximum atomic E-state index is 13.4. The molecular weight excluding hydrogens is 574 g/mol. The lowest BCUT2D eigenvalue weighted by Gasteiger charge is -2.45. The van der Waals surface area contributed by atoms with Crippen LogP contribution < -0.4 is 14.4 Å². The van der Waals surface area contributed by atoms with Gasteiger partial charge >= 0.3 is 10.2 Å². The Labute approximate surface area is 252 Å². The third-order valence-electron chi connectivity index (χ3n) is 10.3. The molecule has 5 aliphatic rings. The van der Waals surface area contributed by atoms with E-state index in [9.17, 15) is 18.3 Å². The zero-order chi connectivity index (χ0) is 29.1. The van der Waals surface area contributed by atoms with Crippen molar-refractivity contribution < 1.29 is 23.1 Å². The predicted molar refractivity (Wildman–Crippen MR) is 162 cm³/mol. The molecule has 1 saturated carbocycles. The van der Waals surface area contributed by atoms with Crippen molar-refractivity contribution >= 4 is 33.4 Å². The maximum Gasteiger partial charge on any atom is 0.304 e. The molecule has 2 N–H and O–H groups in total. The quantitative estimate of drug-likeness (QED) is 0.423. The van der Waals surface area contributed by atoms with E-state index in [-0.39, 0.29) is 28.9 Å². The number of aliphatic hydroxyl groups excluding tert-OH is 1. The van der Waals surface area contributed by atoms with Crippen molar-refractivity contribution in [1.82, 2.24) is 9.03 Å². The molecule has 224 valence electrons. The van der Waals surface area contributed by atoms with Gasteiger partial charge in [-0.1, -0.05) is 29.8 Å². The molecule has 5 atom stereocenters. The molecule has 1 saturated heterocycles. The predicted octanol–water partition coefficient (Wildman–Crippen LogP) is 4.60. The first-order valence-corrected chi connectivity index (χ1v) is 17.0. The number of benzene rings is 2. The second kappa shape index (κ2) is 10.8. The van der Waals surface area contributed by atoms with Gasteiger partial charge in [-0.05, 0) is 105 Å². The summed E-state index contributed by atoms with van der Waals surface area (Å²) >= 11 is 6.39. The average Bonchev–Trinajstić information content (AvgIpc) is 3.37. The molecule has 42 heavy (non-hydrogen) atoms. The zero-order valence-corrected chi connectivity index (χ0v) is 25.2. The molecule has 10 heteroatoms. The van der Waals surface area contributed by atoms with Crippen LogP contribution in [-0.4, -0.2) is 62.1 Å². The van der Waals surface area contributed by atoms with Gasteiger partial charge in [0.25, 0.3) is 5.91 Å². The normalized spacial score (nSPS) is 33.3. The Hall–Kier alpha value is -2.59. The second-order valence-electron chi connectivity index (χ2n) is 12.8. The van der Waals surface area contributed by atoms with E-state index in [1.54, 1.807) is 18.2 Å². The molecule has 0 aromatic heterocycles. The SMILES string of the molecule is O=C1NS(=O)(=O)N2CCC[C@H]2C/C=C\[C@H](O)[C@@H]2CC[C@H]2CN2C[C@@]3(CCCc4cc(Cl)ccc43)COc3ccc1cc32. The number of hydrogen-bond donors (Lipinski definition) is 2. The lowest BCUT2D eigenvalue weighted by Crippen LogP contribution is -2.49. The van der Waals surface area contributed by atoms with Gasteiger partial charge in [0.15, 0.2) is 0 Å². The molecule has 3 aliphatic heterocycles. The minimum absolute atomic E-state index is 0.130. The minimum atomic E-state index is -4.03. The summed E-state index contributed by atoms with van der Waals surface area (Å²) in [4.78, 5) is 15.7. The zero-order valence-electron chi connectivity index (χ0n) is 23.7. The number of nitrogens with one attached hydrogen (secondary N) is 1. The molecule has 0 unspecified atom stereocenters. The largest absolute Gasteiger partial charge is 0.490 e. The van der Waals surface area contributed by atoms with Crippen LogP contribution in [0.3, 0.4) is 0 Å². The van der Waals surface area contributed by atoms with Crippen LogP contribution in [0.2, 0.25) is 5.02 Å². The van der Waals surface area contributed by atoms with E-state index in [1.807, 2.05) is 18.2 Å². The van der Waals surface area contributed by atoms with E-state index < -0.39 is 22.2 Å². The number of fused-ring (bicyclic) bond motifs is 5. The highest BCUT2D eigenvalue weighted by atomic mass is 35.5. The van der Waals surface area contributed by atoms with Gasteiger partial charge in [0, 0.05) is 41.7 Å². The molecule has 2 fully saturated rings. The minimum Gasteiger partial charge on any atom is -0.490 e. The van der Waals surface area contributed by atoms with Crippen LogP contribution in [0.1, 0.15) is 66.4 Å². The number of rotatable bonds is 0. The molecular formula is C32H38ClN3O5S. The average molecular weight is 612 g/mol. The molecule has 3 heterocycles. The lowest BCUT2D eigenvalue weighted by atomic mass is 9.68. The third kappa shape index (κ3) is 5.02. The second-order valence-corrected chi connectivity index (χ2v) is 14.8. The van der Waals surface area contributed by atoms with Crippen molar-refractivity contribution in [2.75, 3.05) is 31.1 Å². The Bertz CT molecular complexity index is 1530. The number of aliphatic hydroxyl groups is 1. The highest BCUT2D eigenvalue weighted by Crippen LogP contribution is 2.46. The number of amides is 1. The smallest absolute Gasteiger partial charge is 0.304 e. The van der Waals surface area contributed by atoms with Gasteiger partial charge in [-0.2, -0.15) is 12.7 Å². The Morgan fingerprint density at radius 1 is 1.10 bits per heavy atom. The number of ether oxygens (including phenoxy) is 1. The third-order valence-corrected chi connectivity index (χ3v) is 12.0. The van der Waals surface area contributed by atoms with Gasteiger partial charge in [-0.3, -0.25) is 4.79 Å². The Morgan fingerprint density at radius 2 is 1.98 bits per heavy atom. The van der Waals surface area contributed by atoms with Crippen molar-refractivity contribution in [2.24, 2.45) is 11.8 Å². The number of carbonyl (C=O) groups is 1. The summed E-state index contributed by atoms with van der Waals surface area (Å²) in [5.41, 5.74) is 3.33. The Kier molecular flexibility index (Phi) is 7.28. The van der Waals surface area contributed by atoms with Crippen LogP contribution in [0.25, 0.3) is 0 Å². The fraction of sp³-hybridized carbons (Fsp3) is 0.531. The topological polar surface area (TPSA) is 99.2 Å². The summed E-state index contributed by atoms with van der Waals surface area (Å²) < 4.78 is 36.9. The summed E-state index contributed by atoms with van der Waals surface area (Å²) in [6.45, 7) is 2.29. The fourth-order valence-electron chi connectivity index (χ4n) is 7.92. The molecule has 1 spiro atoms. The molecule has 7 rings (SSSR count). The summed E-state index contributed by atoms with van der Waals surface area (Å²) in [6.07, 6.45) is 10.1. The van der Waals surface area contributed by atoms with E-state index in [0.29, 0.717) is 31.9 Å². The van der Waals surface area contributed by atoms with Crippen LogP contribution >= 0.6 is 11.6 Å². The van der Waals surface area contributed by atoms with Gasteiger partial charge in [0.1, 0.15) is 5.75 Å². The van der Waals surface area contributed by atoms with Crippen LogP contribution in [0, 0.1) is 11.8 Å². The molecule has 2 bridgehead atoms. The monoisotopic (exact) mass is 611 g/mol. The number of hydrogen-bond acceptors (Lipinski definition) is 6. The summed E-state index contributed by atoms with van der Waals surface area (Å²) in [7, 11) is -4.03. The van der Waals surface area contributed by atoms with Crippen molar-refractivity contribution in [3.05, 3.63) is 70.3 Å². The van der Waals surface area contributed by atoms with Crippen LogP contribution in [-0.2, 0) is 22.0 Å². The van der Waals surface area contributed by atoms with Crippen molar-refractivity contribution in [3.63, 3.8) is 0 Å². The van der Waals surface area contributed by atoms with Crippen molar-refractivity contribution in [2.45, 2.75) is 68.9 Å².